The van der Waals surface area contributed by atoms with Crippen LogP contribution in [0.3, 0.4) is 0 Å². The number of carbonyl (C=O) groups excluding carboxylic acids is 1. The van der Waals surface area contributed by atoms with Crippen LogP contribution in [0, 0.1) is 5.92 Å². The molecule has 1 aliphatic carbocycles. The van der Waals surface area contributed by atoms with Gasteiger partial charge in [0.25, 0.3) is 10.0 Å². The Morgan fingerprint density at radius 2 is 2.04 bits per heavy atom. The number of carbonyl (C=O) groups is 1. The average Bonchev–Trinajstić information content (AvgIpc) is 3.01. The van der Waals surface area contributed by atoms with Crippen molar-refractivity contribution in [3.05, 3.63) is 36.5 Å². The summed E-state index contributed by atoms with van der Waals surface area (Å²) in [4.78, 5) is 17.1. The molecule has 1 N–H and O–H groups in total. The maximum atomic E-state index is 13.0. The van der Waals surface area contributed by atoms with Crippen LogP contribution < -0.4 is 5.32 Å². The molecule has 3 heterocycles. The second-order valence-electron chi connectivity index (χ2n) is 7.24. The van der Waals surface area contributed by atoms with Crippen molar-refractivity contribution in [3.63, 3.8) is 0 Å². The predicted octanol–water partition coefficient (Wildman–Crippen LogP) is 0.442. The highest BCUT2D eigenvalue weighted by molar-refractivity contribution is 7.89. The summed E-state index contributed by atoms with van der Waals surface area (Å²) in [7, 11) is -0.0886. The van der Waals surface area contributed by atoms with E-state index in [1.165, 1.54) is 4.31 Å². The van der Waals surface area contributed by atoms with E-state index in [1.54, 1.807) is 36.3 Å². The number of nitrogens with one attached hydrogen (secondary N) is 1. The number of imidazole rings is 1. The second-order valence-corrected chi connectivity index (χ2v) is 9.12. The van der Waals surface area contributed by atoms with E-state index in [9.17, 15) is 13.2 Å². The molecule has 2 aromatic rings. The Balaban J connectivity index is 1.64. The SMILES string of the molecule is Cn1cnc([C@@H]2CN(S(=O)(=O)c3cccn3C)C[C@H]2C(=O)NC2CC2)c1. The van der Waals surface area contributed by atoms with E-state index in [-0.39, 0.29) is 36.0 Å². The third-order valence-electron chi connectivity index (χ3n) is 5.15. The van der Waals surface area contributed by atoms with E-state index >= 15 is 0 Å². The summed E-state index contributed by atoms with van der Waals surface area (Å²) in [6.07, 6.45) is 7.24. The molecule has 140 valence electrons. The molecule has 1 saturated heterocycles. The minimum absolute atomic E-state index is 0.0762. The number of sulfonamides is 1. The molecule has 9 heteroatoms. The zero-order valence-electron chi connectivity index (χ0n) is 14.9. The van der Waals surface area contributed by atoms with Gasteiger partial charge in [0.15, 0.2) is 0 Å². The van der Waals surface area contributed by atoms with Crippen molar-refractivity contribution < 1.29 is 13.2 Å². The Bertz CT molecular complexity index is 928. The van der Waals surface area contributed by atoms with E-state index in [2.05, 4.69) is 10.3 Å². The molecule has 2 aliphatic rings. The van der Waals surface area contributed by atoms with E-state index in [0.29, 0.717) is 0 Å². The van der Waals surface area contributed by atoms with E-state index in [4.69, 9.17) is 0 Å². The van der Waals surface area contributed by atoms with Crippen LogP contribution in [-0.4, -0.2) is 51.9 Å². The van der Waals surface area contributed by atoms with Gasteiger partial charge in [-0.25, -0.2) is 13.4 Å². The van der Waals surface area contributed by atoms with Gasteiger partial charge in [0.1, 0.15) is 5.03 Å². The first-order valence-electron chi connectivity index (χ1n) is 8.76. The number of amides is 1. The number of hydrogen-bond donors (Lipinski definition) is 1. The van der Waals surface area contributed by atoms with Crippen LogP contribution in [0.25, 0.3) is 0 Å². The summed E-state index contributed by atoms with van der Waals surface area (Å²) in [6.45, 7) is 0.431. The smallest absolute Gasteiger partial charge is 0.258 e. The molecule has 0 radical (unpaired) electrons. The summed E-state index contributed by atoms with van der Waals surface area (Å²) in [5.74, 6) is -0.752. The van der Waals surface area contributed by atoms with Gasteiger partial charge in [-0.1, -0.05) is 0 Å². The van der Waals surface area contributed by atoms with E-state index in [0.717, 1.165) is 18.5 Å². The summed E-state index contributed by atoms with van der Waals surface area (Å²) in [6, 6.07) is 3.53. The van der Waals surface area contributed by atoms with E-state index in [1.807, 2.05) is 17.8 Å². The fourth-order valence-corrected chi connectivity index (χ4v) is 5.19. The van der Waals surface area contributed by atoms with Crippen molar-refractivity contribution in [2.45, 2.75) is 29.8 Å². The lowest BCUT2D eigenvalue weighted by atomic mass is 9.92. The predicted molar refractivity (Wildman–Crippen MR) is 94.8 cm³/mol. The first-order valence-corrected chi connectivity index (χ1v) is 10.2. The van der Waals surface area contributed by atoms with Crippen LogP contribution in [0.1, 0.15) is 24.5 Å². The Hall–Kier alpha value is -2.13. The molecule has 4 rings (SSSR count). The van der Waals surface area contributed by atoms with Gasteiger partial charge in [-0.05, 0) is 25.0 Å². The lowest BCUT2D eigenvalue weighted by Gasteiger charge is -2.16. The van der Waals surface area contributed by atoms with Gasteiger partial charge in [0.05, 0.1) is 17.9 Å². The zero-order chi connectivity index (χ0) is 18.5. The molecule has 2 fully saturated rings. The number of hydrogen-bond acceptors (Lipinski definition) is 4. The normalized spacial score (nSPS) is 24.1. The number of nitrogens with zero attached hydrogens (tertiary/aromatic N) is 4. The van der Waals surface area contributed by atoms with Crippen molar-refractivity contribution in [1.29, 1.82) is 0 Å². The molecule has 0 aromatic carbocycles. The molecule has 2 atom stereocenters. The van der Waals surface area contributed by atoms with Crippen molar-refractivity contribution in [2.24, 2.45) is 20.0 Å². The summed E-state index contributed by atoms with van der Waals surface area (Å²) < 4.78 is 30.9. The number of aryl methyl sites for hydroxylation is 2. The van der Waals surface area contributed by atoms with Gasteiger partial charge in [-0.15, -0.1) is 0 Å². The van der Waals surface area contributed by atoms with Crippen LogP contribution in [0.5, 0.6) is 0 Å². The molecule has 1 aliphatic heterocycles. The molecule has 2 aromatic heterocycles. The Labute approximate surface area is 152 Å². The van der Waals surface area contributed by atoms with Crippen molar-refractivity contribution in [1.82, 2.24) is 23.7 Å². The third kappa shape index (κ3) is 3.05. The van der Waals surface area contributed by atoms with Crippen LogP contribution in [0.15, 0.2) is 35.9 Å². The number of rotatable bonds is 5. The van der Waals surface area contributed by atoms with Crippen LogP contribution in [0.4, 0.5) is 0 Å². The van der Waals surface area contributed by atoms with Crippen LogP contribution in [0.2, 0.25) is 0 Å². The molecule has 26 heavy (non-hydrogen) atoms. The average molecular weight is 377 g/mol. The van der Waals surface area contributed by atoms with Gasteiger partial charge in [-0.2, -0.15) is 4.31 Å². The molecular formula is C17H23N5O3S. The standard InChI is InChI=1S/C17H23N5O3S/c1-20-10-15(18-11-20)13-8-22(9-14(13)17(23)19-12-5-6-12)26(24,25)16-4-3-7-21(16)2/h3-4,7,10-14H,5-6,8-9H2,1-2H3,(H,19,23)/t13-,14-/m1/s1. The van der Waals surface area contributed by atoms with Gasteiger partial charge in [0, 0.05) is 51.5 Å². The van der Waals surface area contributed by atoms with Crippen LogP contribution in [-0.2, 0) is 28.9 Å². The topological polar surface area (TPSA) is 89.2 Å². The van der Waals surface area contributed by atoms with Gasteiger partial charge in [0.2, 0.25) is 5.91 Å². The zero-order valence-corrected chi connectivity index (χ0v) is 15.7. The lowest BCUT2D eigenvalue weighted by molar-refractivity contribution is -0.125. The highest BCUT2D eigenvalue weighted by atomic mass is 32.2. The minimum atomic E-state index is -3.66. The number of aromatic nitrogens is 3. The highest BCUT2D eigenvalue weighted by Crippen LogP contribution is 2.36. The molecule has 0 bridgehead atoms. The van der Waals surface area contributed by atoms with Crippen LogP contribution >= 0.6 is 0 Å². The Morgan fingerprint density at radius 3 is 2.62 bits per heavy atom. The molecule has 0 unspecified atom stereocenters. The molecule has 1 saturated carbocycles. The lowest BCUT2D eigenvalue weighted by Crippen LogP contribution is -2.37. The molecule has 8 nitrogen and oxygen atoms in total. The van der Waals surface area contributed by atoms with Gasteiger partial charge in [-0.3, -0.25) is 4.79 Å². The van der Waals surface area contributed by atoms with Crippen molar-refractivity contribution in [2.75, 3.05) is 13.1 Å². The van der Waals surface area contributed by atoms with Crippen molar-refractivity contribution >= 4 is 15.9 Å². The Morgan fingerprint density at radius 1 is 1.27 bits per heavy atom. The third-order valence-corrected chi connectivity index (χ3v) is 7.08. The summed E-state index contributed by atoms with van der Waals surface area (Å²) >= 11 is 0. The first kappa shape index (κ1) is 17.3. The Kier molecular flexibility index (Phi) is 4.15. The van der Waals surface area contributed by atoms with E-state index < -0.39 is 15.9 Å². The minimum Gasteiger partial charge on any atom is -0.353 e. The fraction of sp³-hybridized carbons (Fsp3) is 0.529. The van der Waals surface area contributed by atoms with Gasteiger partial charge >= 0.3 is 0 Å². The maximum Gasteiger partial charge on any atom is 0.258 e. The summed E-state index contributed by atoms with van der Waals surface area (Å²) in [5.41, 5.74) is 0.757. The second kappa shape index (κ2) is 6.24. The summed E-state index contributed by atoms with van der Waals surface area (Å²) in [5, 5.41) is 3.26. The largest absolute Gasteiger partial charge is 0.353 e. The monoisotopic (exact) mass is 377 g/mol. The molecular weight excluding hydrogens is 354 g/mol. The molecule has 0 spiro atoms. The maximum absolute atomic E-state index is 13.0. The van der Waals surface area contributed by atoms with Crippen molar-refractivity contribution in [3.8, 4) is 0 Å². The fourth-order valence-electron chi connectivity index (χ4n) is 3.54. The quantitative estimate of drug-likeness (QED) is 0.819. The molecule has 1 amide bonds. The van der Waals surface area contributed by atoms with Gasteiger partial charge < -0.3 is 14.5 Å². The first-order chi connectivity index (χ1) is 12.4. The highest BCUT2D eigenvalue weighted by Gasteiger charge is 2.45.